The Balaban J connectivity index is 1.24. The number of fused-ring (bicyclic) bond motifs is 2. The molecule has 0 radical (unpaired) electrons. The van der Waals surface area contributed by atoms with E-state index in [0.717, 1.165) is 54.4 Å². The van der Waals surface area contributed by atoms with E-state index in [1.54, 1.807) is 0 Å². The van der Waals surface area contributed by atoms with Gasteiger partial charge in [0.15, 0.2) is 5.69 Å². The van der Waals surface area contributed by atoms with Crippen LogP contribution in [-0.2, 0) is 12.8 Å². The number of aromatic amines is 1. The van der Waals surface area contributed by atoms with E-state index >= 15 is 0 Å². The Hall–Kier alpha value is -3.61. The minimum absolute atomic E-state index is 0.0173. The van der Waals surface area contributed by atoms with Gasteiger partial charge in [-0.3, -0.25) is 9.36 Å². The van der Waals surface area contributed by atoms with Gasteiger partial charge in [0, 0.05) is 30.4 Å². The molecular weight excluding hydrogens is 414 g/mol. The van der Waals surface area contributed by atoms with Gasteiger partial charge >= 0.3 is 5.69 Å². The molecule has 33 heavy (non-hydrogen) atoms. The summed E-state index contributed by atoms with van der Waals surface area (Å²) in [4.78, 5) is 30.9. The van der Waals surface area contributed by atoms with Crippen molar-refractivity contribution in [2.24, 2.45) is 0 Å². The average molecular weight is 442 g/mol. The van der Waals surface area contributed by atoms with Gasteiger partial charge in [0.25, 0.3) is 5.91 Å². The molecule has 0 atom stereocenters. The first-order valence-corrected chi connectivity index (χ1v) is 11.8. The quantitative estimate of drug-likeness (QED) is 0.526. The number of rotatable bonds is 3. The maximum atomic E-state index is 13.5. The number of piperidine rings is 1. The van der Waals surface area contributed by atoms with E-state index in [1.807, 2.05) is 38.4 Å². The van der Waals surface area contributed by atoms with Gasteiger partial charge in [-0.2, -0.15) is 5.10 Å². The lowest BCUT2D eigenvalue weighted by atomic mass is 10.0. The second-order valence-corrected chi connectivity index (χ2v) is 9.22. The van der Waals surface area contributed by atoms with Crippen molar-refractivity contribution in [2.75, 3.05) is 13.1 Å². The number of carbonyl (C=O) groups excluding carboxylic acids is 1. The van der Waals surface area contributed by atoms with Crippen LogP contribution in [-0.4, -0.2) is 43.2 Å². The molecule has 4 aromatic rings. The van der Waals surface area contributed by atoms with Crippen LogP contribution in [0.25, 0.3) is 16.7 Å². The van der Waals surface area contributed by atoms with E-state index in [4.69, 9.17) is 5.10 Å². The predicted molar refractivity (Wildman–Crippen MR) is 127 cm³/mol. The number of likely N-dealkylation sites (tertiary alicyclic amines) is 1. The summed E-state index contributed by atoms with van der Waals surface area (Å²) in [5.41, 5.74) is 6.81. The van der Waals surface area contributed by atoms with Crippen molar-refractivity contribution in [3.8, 4) is 5.69 Å². The molecular formula is C26H27N5O2. The van der Waals surface area contributed by atoms with Crippen molar-refractivity contribution < 1.29 is 4.79 Å². The Bertz CT molecular complexity index is 1400. The van der Waals surface area contributed by atoms with E-state index in [-0.39, 0.29) is 17.6 Å². The summed E-state index contributed by atoms with van der Waals surface area (Å²) in [6.45, 7) is 3.32. The molecule has 1 N–H and O–H groups in total. The fraction of sp³-hybridized carbons (Fsp3) is 0.346. The third kappa shape index (κ3) is 3.30. The minimum Gasteiger partial charge on any atom is -0.337 e. The van der Waals surface area contributed by atoms with Crippen LogP contribution in [0.4, 0.5) is 0 Å². The highest BCUT2D eigenvalue weighted by Crippen LogP contribution is 2.31. The number of H-pyrrole nitrogens is 1. The molecule has 0 unspecified atom stereocenters. The number of nitrogens with zero attached hydrogens (tertiary/aromatic N) is 4. The van der Waals surface area contributed by atoms with Crippen molar-refractivity contribution >= 4 is 16.9 Å². The lowest BCUT2D eigenvalue weighted by molar-refractivity contribution is 0.0687. The first kappa shape index (κ1) is 20.0. The van der Waals surface area contributed by atoms with Crippen LogP contribution in [0.15, 0.2) is 53.3 Å². The lowest BCUT2D eigenvalue weighted by Gasteiger charge is -2.32. The van der Waals surface area contributed by atoms with E-state index in [1.165, 1.54) is 11.3 Å². The number of nitrogens with one attached hydrogen (secondary N) is 1. The van der Waals surface area contributed by atoms with Crippen LogP contribution in [0.5, 0.6) is 0 Å². The summed E-state index contributed by atoms with van der Waals surface area (Å²) in [7, 11) is 0. The molecule has 168 valence electrons. The largest absolute Gasteiger partial charge is 0.337 e. The molecule has 3 heterocycles. The van der Waals surface area contributed by atoms with Crippen LogP contribution in [0.2, 0.25) is 0 Å². The topological polar surface area (TPSA) is 75.9 Å². The Labute approximate surface area is 191 Å². The van der Waals surface area contributed by atoms with Gasteiger partial charge in [-0.05, 0) is 63.3 Å². The molecule has 1 aliphatic heterocycles. The van der Waals surface area contributed by atoms with E-state index in [2.05, 4.69) is 36.2 Å². The van der Waals surface area contributed by atoms with Crippen molar-refractivity contribution in [1.82, 2.24) is 24.2 Å². The van der Waals surface area contributed by atoms with Gasteiger partial charge in [0.05, 0.1) is 16.7 Å². The highest BCUT2D eigenvalue weighted by molar-refractivity contribution is 5.94. The Morgan fingerprint density at radius 2 is 1.79 bits per heavy atom. The molecule has 1 amide bonds. The normalized spacial score (nSPS) is 16.5. The maximum Gasteiger partial charge on any atom is 0.326 e. The molecule has 7 heteroatoms. The summed E-state index contributed by atoms with van der Waals surface area (Å²) in [6.07, 6.45) is 4.44. The smallest absolute Gasteiger partial charge is 0.326 e. The number of hydrogen-bond acceptors (Lipinski definition) is 3. The zero-order valence-corrected chi connectivity index (χ0v) is 18.8. The van der Waals surface area contributed by atoms with Crippen molar-refractivity contribution in [1.29, 1.82) is 0 Å². The summed E-state index contributed by atoms with van der Waals surface area (Å²) >= 11 is 0. The predicted octanol–water partition coefficient (Wildman–Crippen LogP) is 3.79. The molecule has 1 aliphatic carbocycles. The molecule has 0 bridgehead atoms. The zero-order valence-electron chi connectivity index (χ0n) is 18.8. The molecule has 0 saturated carbocycles. The molecule has 0 spiro atoms. The first-order valence-electron chi connectivity index (χ1n) is 11.8. The number of benzene rings is 2. The number of imidazole rings is 1. The van der Waals surface area contributed by atoms with Crippen LogP contribution >= 0.6 is 0 Å². The summed E-state index contributed by atoms with van der Waals surface area (Å²) in [5, 5.41) is 4.80. The second kappa shape index (κ2) is 7.76. The van der Waals surface area contributed by atoms with Gasteiger partial charge in [-0.25, -0.2) is 9.48 Å². The molecule has 2 aliphatic rings. The number of amides is 1. The van der Waals surface area contributed by atoms with Crippen molar-refractivity contribution in [2.45, 2.75) is 45.1 Å². The number of carbonyl (C=O) groups is 1. The number of aryl methyl sites for hydroxylation is 1. The standard InChI is InChI=1S/C26H27N5O2/c1-17-9-11-19(12-10-17)31-22-8-4-5-20(22)24(28-31)25(32)29-15-13-18(14-16-29)30-23-7-3-2-6-21(23)27-26(30)33/h2-3,6-7,9-12,18H,4-5,8,13-16H2,1H3,(H,27,33). The Kier molecular flexibility index (Phi) is 4.71. The molecule has 6 rings (SSSR count). The molecule has 7 nitrogen and oxygen atoms in total. The van der Waals surface area contributed by atoms with Gasteiger partial charge in [0.1, 0.15) is 0 Å². The van der Waals surface area contributed by atoms with Crippen LogP contribution in [0.1, 0.15) is 52.6 Å². The monoisotopic (exact) mass is 441 g/mol. The third-order valence-electron chi connectivity index (χ3n) is 7.15. The van der Waals surface area contributed by atoms with Gasteiger partial charge in [-0.15, -0.1) is 0 Å². The fourth-order valence-electron chi connectivity index (χ4n) is 5.42. The fourth-order valence-corrected chi connectivity index (χ4v) is 5.42. The van der Waals surface area contributed by atoms with E-state index < -0.39 is 0 Å². The highest BCUT2D eigenvalue weighted by atomic mass is 16.2. The van der Waals surface area contributed by atoms with Crippen molar-refractivity contribution in [3.63, 3.8) is 0 Å². The van der Waals surface area contributed by atoms with Gasteiger partial charge in [-0.1, -0.05) is 29.8 Å². The number of para-hydroxylation sites is 2. The SMILES string of the molecule is Cc1ccc(-n2nc(C(=O)N3CCC(n4c(=O)[nH]c5ccccc54)CC3)c3c2CCC3)cc1. The van der Waals surface area contributed by atoms with Crippen LogP contribution < -0.4 is 5.69 Å². The van der Waals surface area contributed by atoms with E-state index in [9.17, 15) is 9.59 Å². The number of hydrogen-bond donors (Lipinski definition) is 1. The first-order chi connectivity index (χ1) is 16.1. The maximum absolute atomic E-state index is 13.5. The zero-order chi connectivity index (χ0) is 22.5. The molecule has 2 aromatic carbocycles. The molecule has 1 saturated heterocycles. The van der Waals surface area contributed by atoms with Crippen LogP contribution in [0, 0.1) is 6.92 Å². The average Bonchev–Trinajstić information content (AvgIpc) is 3.52. The van der Waals surface area contributed by atoms with E-state index in [0.29, 0.717) is 18.8 Å². The summed E-state index contributed by atoms with van der Waals surface area (Å²) in [6, 6.07) is 16.2. The Morgan fingerprint density at radius 3 is 2.58 bits per heavy atom. The van der Waals surface area contributed by atoms with Crippen LogP contribution in [0.3, 0.4) is 0 Å². The summed E-state index contributed by atoms with van der Waals surface area (Å²) in [5.74, 6) is 0.0173. The molecule has 1 fully saturated rings. The number of aromatic nitrogens is 4. The van der Waals surface area contributed by atoms with Gasteiger partial charge in [0.2, 0.25) is 0 Å². The minimum atomic E-state index is -0.0735. The highest BCUT2D eigenvalue weighted by Gasteiger charge is 2.32. The lowest BCUT2D eigenvalue weighted by Crippen LogP contribution is -2.41. The van der Waals surface area contributed by atoms with Gasteiger partial charge < -0.3 is 9.88 Å². The molecule has 2 aromatic heterocycles. The summed E-state index contributed by atoms with van der Waals surface area (Å²) < 4.78 is 3.83. The second-order valence-electron chi connectivity index (χ2n) is 9.22. The third-order valence-corrected chi connectivity index (χ3v) is 7.15. The van der Waals surface area contributed by atoms with Crippen molar-refractivity contribution in [3.05, 3.63) is 81.5 Å². The Morgan fingerprint density at radius 1 is 1.03 bits per heavy atom.